The molecule has 0 amide bonds. The van der Waals surface area contributed by atoms with E-state index in [-0.39, 0.29) is 0 Å². The van der Waals surface area contributed by atoms with Gasteiger partial charge in [0.1, 0.15) is 17.3 Å². The van der Waals surface area contributed by atoms with Crippen LogP contribution in [0.1, 0.15) is 12.8 Å². The summed E-state index contributed by atoms with van der Waals surface area (Å²) in [6, 6.07) is 1.70. The minimum Gasteiger partial charge on any atom is -0.353 e. The van der Waals surface area contributed by atoms with Gasteiger partial charge in [-0.1, -0.05) is 30.3 Å². The monoisotopic (exact) mass is 288 g/mol. The zero-order chi connectivity index (χ0) is 14.4. The molecule has 4 nitrogen and oxygen atoms in total. The second-order valence-corrected chi connectivity index (χ2v) is 4.73. The van der Waals surface area contributed by atoms with E-state index < -0.39 is 0 Å². The van der Waals surface area contributed by atoms with Gasteiger partial charge in [-0.15, -0.1) is 0 Å². The third kappa shape index (κ3) is 3.71. The van der Waals surface area contributed by atoms with Crippen LogP contribution in [0.25, 0.3) is 0 Å². The van der Waals surface area contributed by atoms with Crippen LogP contribution in [0.3, 0.4) is 0 Å². The van der Waals surface area contributed by atoms with Crippen molar-refractivity contribution in [3.8, 4) is 0 Å². The van der Waals surface area contributed by atoms with Gasteiger partial charge < -0.3 is 10.2 Å². The quantitative estimate of drug-likeness (QED) is 0.662. The molecule has 0 unspecified atom stereocenters. The zero-order valence-corrected chi connectivity index (χ0v) is 12.1. The molecule has 1 N–H and O–H groups in total. The van der Waals surface area contributed by atoms with E-state index in [1.165, 1.54) is 12.0 Å². The maximum Gasteiger partial charge on any atom is 0.135 e. The molecule has 1 aromatic rings. The fourth-order valence-corrected chi connectivity index (χ4v) is 2.10. The number of rotatable bonds is 5. The van der Waals surface area contributed by atoms with Crippen molar-refractivity contribution in [2.45, 2.75) is 12.8 Å². The Morgan fingerprint density at radius 2 is 2.30 bits per heavy atom. The van der Waals surface area contributed by atoms with Crippen molar-refractivity contribution in [2.24, 2.45) is 0 Å². The number of halogens is 1. The Balaban J connectivity index is 2.24. The summed E-state index contributed by atoms with van der Waals surface area (Å²) < 4.78 is 0. The standard InChI is InChI=1S/C15H17ClN4/c1-3-4-9-20(2)13-8-6-5-7-12(13)19-15-10-14(16)17-11-18-15/h3-5,7,9-11H,1,6,8H2,2H3,(H,17,18,19)/b9-4-. The van der Waals surface area contributed by atoms with E-state index in [0.29, 0.717) is 11.0 Å². The first-order valence-electron chi connectivity index (χ1n) is 6.37. The fraction of sp³-hybridized carbons (Fsp3) is 0.200. The highest BCUT2D eigenvalue weighted by Crippen LogP contribution is 2.23. The summed E-state index contributed by atoms with van der Waals surface area (Å²) in [4.78, 5) is 10.1. The molecule has 1 aliphatic carbocycles. The van der Waals surface area contributed by atoms with Gasteiger partial charge >= 0.3 is 0 Å². The van der Waals surface area contributed by atoms with Crippen LogP contribution < -0.4 is 5.32 Å². The summed E-state index contributed by atoms with van der Waals surface area (Å²) in [5.41, 5.74) is 2.21. The fourth-order valence-electron chi connectivity index (χ4n) is 1.95. The summed E-state index contributed by atoms with van der Waals surface area (Å²) in [7, 11) is 2.02. The van der Waals surface area contributed by atoms with Gasteiger partial charge in [-0.3, -0.25) is 0 Å². The third-order valence-electron chi connectivity index (χ3n) is 2.91. The molecule has 0 saturated heterocycles. The Morgan fingerprint density at radius 3 is 3.05 bits per heavy atom. The van der Waals surface area contributed by atoms with Crippen molar-refractivity contribution < 1.29 is 0 Å². The Morgan fingerprint density at radius 1 is 1.45 bits per heavy atom. The van der Waals surface area contributed by atoms with Crippen molar-refractivity contribution in [3.63, 3.8) is 0 Å². The highest BCUT2D eigenvalue weighted by molar-refractivity contribution is 6.29. The van der Waals surface area contributed by atoms with Crippen LogP contribution in [0.2, 0.25) is 5.15 Å². The molecule has 1 aliphatic rings. The summed E-state index contributed by atoms with van der Waals surface area (Å²) in [5, 5.41) is 3.71. The van der Waals surface area contributed by atoms with Gasteiger partial charge in [-0.05, 0) is 25.0 Å². The van der Waals surface area contributed by atoms with Gasteiger partial charge in [0.25, 0.3) is 0 Å². The minimum atomic E-state index is 0.421. The molecule has 0 aliphatic heterocycles. The van der Waals surface area contributed by atoms with Gasteiger partial charge in [-0.2, -0.15) is 0 Å². The molecule has 0 fully saturated rings. The second kappa shape index (κ2) is 6.91. The summed E-state index contributed by atoms with van der Waals surface area (Å²) >= 11 is 5.87. The molecular weight excluding hydrogens is 272 g/mol. The highest BCUT2D eigenvalue weighted by atomic mass is 35.5. The Kier molecular flexibility index (Phi) is 4.96. The topological polar surface area (TPSA) is 41.0 Å². The van der Waals surface area contributed by atoms with Gasteiger partial charge in [0.05, 0.1) is 5.70 Å². The number of anilines is 1. The third-order valence-corrected chi connectivity index (χ3v) is 3.12. The number of nitrogens with zero attached hydrogens (tertiary/aromatic N) is 3. The summed E-state index contributed by atoms with van der Waals surface area (Å²) in [6.45, 7) is 3.68. The van der Waals surface area contributed by atoms with E-state index in [4.69, 9.17) is 11.6 Å². The van der Waals surface area contributed by atoms with Crippen molar-refractivity contribution in [1.82, 2.24) is 14.9 Å². The average molecular weight is 289 g/mol. The first-order chi connectivity index (χ1) is 9.70. The van der Waals surface area contributed by atoms with E-state index in [2.05, 4.69) is 38.9 Å². The molecule has 0 radical (unpaired) electrons. The van der Waals surface area contributed by atoms with E-state index in [0.717, 1.165) is 18.5 Å². The lowest BCUT2D eigenvalue weighted by molar-refractivity contribution is 0.530. The lowest BCUT2D eigenvalue weighted by Crippen LogP contribution is -2.17. The molecule has 1 aromatic heterocycles. The normalized spacial score (nSPS) is 14.7. The molecule has 1 heterocycles. The van der Waals surface area contributed by atoms with Crippen LogP contribution >= 0.6 is 11.6 Å². The Labute approximate surface area is 124 Å². The average Bonchev–Trinajstić information content (AvgIpc) is 2.45. The summed E-state index contributed by atoms with van der Waals surface area (Å²) in [6.07, 6.45) is 13.3. The van der Waals surface area contributed by atoms with Crippen LogP contribution in [0, 0.1) is 0 Å². The Bertz CT molecular complexity index is 575. The van der Waals surface area contributed by atoms with Crippen LogP contribution in [-0.4, -0.2) is 21.9 Å². The van der Waals surface area contributed by atoms with Crippen molar-refractivity contribution >= 4 is 17.4 Å². The van der Waals surface area contributed by atoms with Crippen LogP contribution in [-0.2, 0) is 0 Å². The summed E-state index contributed by atoms with van der Waals surface area (Å²) in [5.74, 6) is 0.685. The van der Waals surface area contributed by atoms with Crippen LogP contribution in [0.15, 0.2) is 60.9 Å². The number of allylic oxidation sites excluding steroid dienone is 5. The Hall–Kier alpha value is -2.07. The highest BCUT2D eigenvalue weighted by Gasteiger charge is 2.12. The largest absolute Gasteiger partial charge is 0.353 e. The molecule has 0 spiro atoms. The molecular formula is C15H17ClN4. The molecule has 0 atom stereocenters. The van der Waals surface area contributed by atoms with Crippen LogP contribution in [0.4, 0.5) is 5.82 Å². The van der Waals surface area contributed by atoms with Gasteiger partial charge in [-0.25, -0.2) is 9.97 Å². The number of aromatic nitrogens is 2. The lowest BCUT2D eigenvalue weighted by Gasteiger charge is -2.24. The van der Waals surface area contributed by atoms with Crippen molar-refractivity contribution in [3.05, 3.63) is 66.0 Å². The SMILES string of the molecule is C=C/C=C\N(C)C1=C(Nc2cc(Cl)ncn2)C=CCC1. The first kappa shape index (κ1) is 14.3. The van der Waals surface area contributed by atoms with Gasteiger partial charge in [0.15, 0.2) is 0 Å². The predicted octanol–water partition coefficient (Wildman–Crippen LogP) is 3.74. The van der Waals surface area contributed by atoms with E-state index in [9.17, 15) is 0 Å². The van der Waals surface area contributed by atoms with E-state index in [1.54, 1.807) is 12.1 Å². The molecule has 104 valence electrons. The molecule has 2 rings (SSSR count). The number of nitrogens with one attached hydrogen (secondary N) is 1. The van der Waals surface area contributed by atoms with Gasteiger partial charge in [0, 0.05) is 25.0 Å². The maximum atomic E-state index is 5.87. The minimum absolute atomic E-state index is 0.421. The van der Waals surface area contributed by atoms with Crippen molar-refractivity contribution in [2.75, 3.05) is 12.4 Å². The molecule has 0 aromatic carbocycles. The number of hydrogen-bond donors (Lipinski definition) is 1. The molecule has 20 heavy (non-hydrogen) atoms. The maximum absolute atomic E-state index is 5.87. The second-order valence-electron chi connectivity index (χ2n) is 4.34. The zero-order valence-electron chi connectivity index (χ0n) is 11.4. The predicted molar refractivity (Wildman–Crippen MR) is 83.2 cm³/mol. The number of hydrogen-bond acceptors (Lipinski definition) is 4. The molecule has 0 saturated carbocycles. The lowest BCUT2D eigenvalue weighted by atomic mass is 10.1. The molecule has 5 heteroatoms. The smallest absolute Gasteiger partial charge is 0.135 e. The van der Waals surface area contributed by atoms with Crippen molar-refractivity contribution in [1.29, 1.82) is 0 Å². The van der Waals surface area contributed by atoms with E-state index in [1.807, 2.05) is 19.3 Å². The van der Waals surface area contributed by atoms with E-state index >= 15 is 0 Å². The van der Waals surface area contributed by atoms with Gasteiger partial charge in [0.2, 0.25) is 0 Å². The van der Waals surface area contributed by atoms with Crippen LogP contribution in [0.5, 0.6) is 0 Å². The molecule has 0 bridgehead atoms. The first-order valence-corrected chi connectivity index (χ1v) is 6.75.